The molecule has 2 aromatic rings. The molecule has 0 aromatic heterocycles. The molecule has 1 aliphatic heterocycles. The van der Waals surface area contributed by atoms with Gasteiger partial charge in [0.2, 0.25) is 0 Å². The van der Waals surface area contributed by atoms with Crippen molar-refractivity contribution < 1.29 is 9.47 Å². The van der Waals surface area contributed by atoms with E-state index in [-0.39, 0.29) is 6.10 Å². The number of fused-ring (bicyclic) bond motifs is 1. The molecule has 0 aliphatic carbocycles. The number of methoxy groups -OCH3 is 1. The second-order valence-electron chi connectivity index (χ2n) is 5.03. The van der Waals surface area contributed by atoms with Gasteiger partial charge in [0, 0.05) is 0 Å². The molecule has 0 saturated carbocycles. The van der Waals surface area contributed by atoms with Crippen molar-refractivity contribution >= 4 is 0 Å². The van der Waals surface area contributed by atoms with Crippen LogP contribution >= 0.6 is 0 Å². The highest BCUT2D eigenvalue weighted by Gasteiger charge is 2.21. The van der Waals surface area contributed by atoms with Gasteiger partial charge in [-0.15, -0.1) is 0 Å². The topological polar surface area (TPSA) is 18.5 Å². The molecule has 0 N–H and O–H groups in total. The fraction of sp³-hybridized carbons (Fsp3) is 0.294. The fourth-order valence-electron chi connectivity index (χ4n) is 2.57. The molecule has 1 aliphatic rings. The maximum atomic E-state index is 6.11. The Bertz CT molecular complexity index is 572. The van der Waals surface area contributed by atoms with Crippen LogP contribution in [0.4, 0.5) is 0 Å². The summed E-state index contributed by atoms with van der Waals surface area (Å²) in [5, 5.41) is 0. The molecule has 0 radical (unpaired) electrons. The molecule has 0 amide bonds. The van der Waals surface area contributed by atoms with Gasteiger partial charge in [-0.25, -0.2) is 0 Å². The number of rotatable bonds is 2. The molecule has 1 heterocycles. The molecule has 98 valence electrons. The van der Waals surface area contributed by atoms with Crippen molar-refractivity contribution in [3.8, 4) is 11.5 Å². The third-order valence-electron chi connectivity index (χ3n) is 3.65. The van der Waals surface area contributed by atoms with Gasteiger partial charge in [0.25, 0.3) is 0 Å². The maximum Gasteiger partial charge on any atom is 0.124 e. The molecular weight excluding hydrogens is 236 g/mol. The first-order chi connectivity index (χ1) is 9.26. The van der Waals surface area contributed by atoms with Crippen LogP contribution in [0.5, 0.6) is 11.5 Å². The van der Waals surface area contributed by atoms with E-state index >= 15 is 0 Å². The lowest BCUT2D eigenvalue weighted by Gasteiger charge is -2.26. The van der Waals surface area contributed by atoms with Crippen LogP contribution < -0.4 is 9.47 Å². The third kappa shape index (κ3) is 2.43. The van der Waals surface area contributed by atoms with Crippen molar-refractivity contribution in [1.29, 1.82) is 0 Å². The van der Waals surface area contributed by atoms with Crippen molar-refractivity contribution in [3.05, 3.63) is 59.2 Å². The SMILES string of the molecule is COc1ccc([C@@H]2CCc3cc(C)ccc3O2)cc1. The summed E-state index contributed by atoms with van der Waals surface area (Å²) < 4.78 is 11.3. The number of ether oxygens (including phenoxy) is 2. The molecule has 0 fully saturated rings. The summed E-state index contributed by atoms with van der Waals surface area (Å²) in [6.07, 6.45) is 2.26. The van der Waals surface area contributed by atoms with Crippen LogP contribution in [-0.4, -0.2) is 7.11 Å². The molecule has 1 atom stereocenters. The summed E-state index contributed by atoms with van der Waals surface area (Å²) in [6, 6.07) is 14.6. The van der Waals surface area contributed by atoms with Crippen molar-refractivity contribution in [2.24, 2.45) is 0 Å². The minimum Gasteiger partial charge on any atom is -0.497 e. The van der Waals surface area contributed by atoms with Crippen molar-refractivity contribution in [3.63, 3.8) is 0 Å². The fourth-order valence-corrected chi connectivity index (χ4v) is 2.57. The van der Waals surface area contributed by atoms with Gasteiger partial charge in [-0.05, 0) is 49.1 Å². The van der Waals surface area contributed by atoms with E-state index in [9.17, 15) is 0 Å². The van der Waals surface area contributed by atoms with Gasteiger partial charge in [0.15, 0.2) is 0 Å². The molecule has 2 aromatic carbocycles. The van der Waals surface area contributed by atoms with E-state index in [0.29, 0.717) is 0 Å². The van der Waals surface area contributed by atoms with Gasteiger partial charge in [-0.3, -0.25) is 0 Å². The molecule has 0 saturated heterocycles. The van der Waals surface area contributed by atoms with E-state index in [4.69, 9.17) is 9.47 Å². The second kappa shape index (κ2) is 4.96. The molecule has 0 spiro atoms. The van der Waals surface area contributed by atoms with E-state index in [1.54, 1.807) is 7.11 Å². The van der Waals surface area contributed by atoms with Crippen LogP contribution in [0, 0.1) is 6.92 Å². The highest BCUT2D eigenvalue weighted by molar-refractivity contribution is 5.40. The Balaban J connectivity index is 1.82. The van der Waals surface area contributed by atoms with Gasteiger partial charge in [-0.1, -0.05) is 29.8 Å². The first-order valence-electron chi connectivity index (χ1n) is 6.66. The lowest BCUT2D eigenvalue weighted by Crippen LogP contribution is -2.15. The maximum absolute atomic E-state index is 6.11. The number of hydrogen-bond acceptors (Lipinski definition) is 2. The smallest absolute Gasteiger partial charge is 0.124 e. The summed E-state index contributed by atoms with van der Waals surface area (Å²) in [4.78, 5) is 0. The second-order valence-corrected chi connectivity index (χ2v) is 5.03. The predicted molar refractivity (Wildman–Crippen MR) is 75.9 cm³/mol. The van der Waals surface area contributed by atoms with Crippen molar-refractivity contribution in [2.45, 2.75) is 25.9 Å². The lowest BCUT2D eigenvalue weighted by molar-refractivity contribution is 0.176. The molecule has 2 nitrogen and oxygen atoms in total. The standard InChI is InChI=1S/C17H18O2/c1-12-3-9-17-14(11-12)6-10-16(19-17)13-4-7-15(18-2)8-5-13/h3-5,7-9,11,16H,6,10H2,1-2H3/t16-/m0/s1. The molecule has 19 heavy (non-hydrogen) atoms. The summed E-state index contributed by atoms with van der Waals surface area (Å²) in [5.41, 5.74) is 3.84. The summed E-state index contributed by atoms with van der Waals surface area (Å²) in [7, 11) is 1.69. The van der Waals surface area contributed by atoms with Gasteiger partial charge >= 0.3 is 0 Å². The van der Waals surface area contributed by atoms with Crippen LogP contribution in [0.3, 0.4) is 0 Å². The molecule has 3 rings (SSSR count). The zero-order valence-electron chi connectivity index (χ0n) is 11.3. The zero-order valence-corrected chi connectivity index (χ0v) is 11.3. The first-order valence-corrected chi connectivity index (χ1v) is 6.66. The number of hydrogen-bond donors (Lipinski definition) is 0. The Morgan fingerprint density at radius 2 is 1.89 bits per heavy atom. The minimum atomic E-state index is 0.154. The Kier molecular flexibility index (Phi) is 3.16. The van der Waals surface area contributed by atoms with Gasteiger partial charge < -0.3 is 9.47 Å². The largest absolute Gasteiger partial charge is 0.497 e. The molecule has 0 unspecified atom stereocenters. The zero-order chi connectivity index (χ0) is 13.2. The minimum absolute atomic E-state index is 0.154. The van der Waals surface area contributed by atoms with Crippen molar-refractivity contribution in [2.75, 3.05) is 7.11 Å². The van der Waals surface area contributed by atoms with E-state index in [2.05, 4.69) is 37.3 Å². The van der Waals surface area contributed by atoms with Crippen LogP contribution in [0.15, 0.2) is 42.5 Å². The van der Waals surface area contributed by atoms with E-state index in [1.165, 1.54) is 16.7 Å². The first kappa shape index (κ1) is 12.1. The van der Waals surface area contributed by atoms with E-state index in [0.717, 1.165) is 24.3 Å². The van der Waals surface area contributed by atoms with Crippen LogP contribution in [0.25, 0.3) is 0 Å². The van der Waals surface area contributed by atoms with Crippen molar-refractivity contribution in [1.82, 2.24) is 0 Å². The average Bonchev–Trinajstić information content (AvgIpc) is 2.47. The molecular formula is C17H18O2. The van der Waals surface area contributed by atoms with E-state index < -0.39 is 0 Å². The summed E-state index contributed by atoms with van der Waals surface area (Å²) >= 11 is 0. The van der Waals surface area contributed by atoms with Crippen LogP contribution in [0.2, 0.25) is 0 Å². The number of aryl methyl sites for hydroxylation is 2. The third-order valence-corrected chi connectivity index (χ3v) is 3.65. The average molecular weight is 254 g/mol. The quantitative estimate of drug-likeness (QED) is 0.804. The van der Waals surface area contributed by atoms with Gasteiger partial charge in [0.05, 0.1) is 7.11 Å². The van der Waals surface area contributed by atoms with Gasteiger partial charge in [0.1, 0.15) is 17.6 Å². The van der Waals surface area contributed by atoms with Crippen LogP contribution in [-0.2, 0) is 6.42 Å². The van der Waals surface area contributed by atoms with E-state index in [1.807, 2.05) is 12.1 Å². The Hall–Kier alpha value is -1.96. The van der Waals surface area contributed by atoms with Gasteiger partial charge in [-0.2, -0.15) is 0 Å². The van der Waals surface area contributed by atoms with Crippen LogP contribution in [0.1, 0.15) is 29.2 Å². The highest BCUT2D eigenvalue weighted by atomic mass is 16.5. The Morgan fingerprint density at radius 3 is 2.63 bits per heavy atom. The molecule has 0 bridgehead atoms. The number of benzene rings is 2. The monoisotopic (exact) mass is 254 g/mol. The predicted octanol–water partition coefficient (Wildman–Crippen LogP) is 4.07. The summed E-state index contributed by atoms with van der Waals surface area (Å²) in [6.45, 7) is 2.12. The molecule has 2 heteroatoms. The summed E-state index contributed by atoms with van der Waals surface area (Å²) in [5.74, 6) is 1.91. The Morgan fingerprint density at radius 1 is 1.11 bits per heavy atom. The highest BCUT2D eigenvalue weighted by Crippen LogP contribution is 2.35. The lowest BCUT2D eigenvalue weighted by atomic mass is 9.96. The Labute approximate surface area is 114 Å². The normalized spacial score (nSPS) is 17.5.